The number of hydrogen-bond acceptors (Lipinski definition) is 1. The van der Waals surface area contributed by atoms with E-state index in [2.05, 4.69) is 0 Å². The van der Waals surface area contributed by atoms with Crippen molar-refractivity contribution in [2.24, 2.45) is 0 Å². The average molecular weight is 203 g/mol. The fourth-order valence-corrected chi connectivity index (χ4v) is 1.64. The molecule has 1 aromatic carbocycles. The molecule has 1 N–H and O–H groups in total. The van der Waals surface area contributed by atoms with Crippen molar-refractivity contribution in [1.82, 2.24) is 0 Å². The van der Waals surface area contributed by atoms with Crippen LogP contribution in [0.5, 0.6) is 0 Å². The Morgan fingerprint density at radius 1 is 1.46 bits per heavy atom. The van der Waals surface area contributed by atoms with Gasteiger partial charge in [0.1, 0.15) is 5.82 Å². The van der Waals surface area contributed by atoms with Crippen LogP contribution in [-0.2, 0) is 6.61 Å². The molecule has 0 aliphatic heterocycles. The summed E-state index contributed by atoms with van der Waals surface area (Å²) >= 11 is 5.65. The summed E-state index contributed by atoms with van der Waals surface area (Å²) in [5.74, 6) is -0.286. The zero-order chi connectivity index (χ0) is 10.0. The van der Waals surface area contributed by atoms with Gasteiger partial charge in [-0.3, -0.25) is 0 Å². The molecule has 13 heavy (non-hydrogen) atoms. The molecule has 0 saturated carbocycles. The van der Waals surface area contributed by atoms with E-state index in [9.17, 15) is 4.39 Å². The monoisotopic (exact) mass is 202 g/mol. The van der Waals surface area contributed by atoms with Gasteiger partial charge in [-0.2, -0.15) is 0 Å². The van der Waals surface area contributed by atoms with Gasteiger partial charge >= 0.3 is 0 Å². The first-order chi connectivity index (χ1) is 6.06. The summed E-state index contributed by atoms with van der Waals surface area (Å²) in [5.41, 5.74) is 1.12. The normalized spacial score (nSPS) is 10.9. The molecule has 0 aromatic heterocycles. The van der Waals surface area contributed by atoms with E-state index < -0.39 is 0 Å². The van der Waals surface area contributed by atoms with E-state index in [-0.39, 0.29) is 18.3 Å². The maximum atomic E-state index is 13.4. The van der Waals surface area contributed by atoms with Gasteiger partial charge in [0.05, 0.1) is 6.61 Å². The molecule has 0 aliphatic carbocycles. The highest BCUT2D eigenvalue weighted by Gasteiger charge is 2.12. The van der Waals surface area contributed by atoms with Crippen LogP contribution in [0, 0.1) is 5.82 Å². The van der Waals surface area contributed by atoms with Gasteiger partial charge in [0.2, 0.25) is 0 Å². The van der Waals surface area contributed by atoms with Crippen LogP contribution in [0.25, 0.3) is 0 Å². The largest absolute Gasteiger partial charge is 0.392 e. The Bertz CT molecular complexity index is 310. The van der Waals surface area contributed by atoms with Crippen molar-refractivity contribution in [2.75, 3.05) is 0 Å². The highest BCUT2D eigenvalue weighted by atomic mass is 35.5. The summed E-state index contributed by atoms with van der Waals surface area (Å²) in [7, 11) is 0. The molecular weight excluding hydrogens is 191 g/mol. The third-order valence-electron chi connectivity index (χ3n) is 1.93. The standard InChI is InChI=1S/C10H12ClFO/c1-6(2)10-7(5-13)3-8(11)4-9(10)12/h3-4,6,13H,5H2,1-2H3. The number of hydrogen-bond donors (Lipinski definition) is 1. The van der Waals surface area contributed by atoms with Crippen LogP contribution in [0.15, 0.2) is 12.1 Å². The van der Waals surface area contributed by atoms with Crippen LogP contribution < -0.4 is 0 Å². The van der Waals surface area contributed by atoms with Crippen molar-refractivity contribution in [3.05, 3.63) is 34.1 Å². The van der Waals surface area contributed by atoms with E-state index in [1.165, 1.54) is 6.07 Å². The van der Waals surface area contributed by atoms with Gasteiger partial charge in [-0.05, 0) is 29.2 Å². The lowest BCUT2D eigenvalue weighted by atomic mass is 9.97. The van der Waals surface area contributed by atoms with Gasteiger partial charge in [-0.25, -0.2) is 4.39 Å². The third kappa shape index (κ3) is 2.20. The average Bonchev–Trinajstić information content (AvgIpc) is 2.01. The third-order valence-corrected chi connectivity index (χ3v) is 2.15. The molecule has 3 heteroatoms. The summed E-state index contributed by atoms with van der Waals surface area (Å²) < 4.78 is 13.4. The molecule has 0 saturated heterocycles. The molecule has 72 valence electrons. The summed E-state index contributed by atoms with van der Waals surface area (Å²) in [6, 6.07) is 2.87. The van der Waals surface area contributed by atoms with Crippen LogP contribution in [0.4, 0.5) is 4.39 Å². The number of rotatable bonds is 2. The maximum Gasteiger partial charge on any atom is 0.128 e. The van der Waals surface area contributed by atoms with Crippen LogP contribution in [0.3, 0.4) is 0 Å². The van der Waals surface area contributed by atoms with Crippen LogP contribution in [-0.4, -0.2) is 5.11 Å². The lowest BCUT2D eigenvalue weighted by Gasteiger charge is -2.12. The van der Waals surface area contributed by atoms with Gasteiger partial charge in [-0.1, -0.05) is 25.4 Å². The second-order valence-electron chi connectivity index (χ2n) is 3.27. The summed E-state index contributed by atoms with van der Waals surface area (Å²) in [6.45, 7) is 3.59. The maximum absolute atomic E-state index is 13.4. The molecule has 1 nitrogen and oxygen atoms in total. The van der Waals surface area contributed by atoms with E-state index in [1.54, 1.807) is 6.07 Å². The molecule has 1 aromatic rings. The van der Waals surface area contributed by atoms with Gasteiger partial charge < -0.3 is 5.11 Å². The Kier molecular flexibility index (Phi) is 3.28. The van der Waals surface area contributed by atoms with Gasteiger partial charge in [0, 0.05) is 5.02 Å². The smallest absolute Gasteiger partial charge is 0.128 e. The van der Waals surface area contributed by atoms with Crippen molar-refractivity contribution in [1.29, 1.82) is 0 Å². The Labute approximate surface area is 82.2 Å². The predicted octanol–water partition coefficient (Wildman–Crippen LogP) is 3.09. The number of aliphatic hydroxyl groups excluding tert-OH is 1. The fraction of sp³-hybridized carbons (Fsp3) is 0.400. The van der Waals surface area contributed by atoms with Gasteiger partial charge in [0.25, 0.3) is 0 Å². The van der Waals surface area contributed by atoms with Crippen molar-refractivity contribution in [3.63, 3.8) is 0 Å². The van der Waals surface area contributed by atoms with E-state index >= 15 is 0 Å². The first kappa shape index (κ1) is 10.5. The first-order valence-corrected chi connectivity index (χ1v) is 4.52. The molecule has 0 amide bonds. The highest BCUT2D eigenvalue weighted by molar-refractivity contribution is 6.30. The molecule has 0 unspecified atom stereocenters. The predicted molar refractivity (Wildman–Crippen MR) is 51.4 cm³/mol. The minimum absolute atomic E-state index is 0.0550. The van der Waals surface area contributed by atoms with E-state index in [4.69, 9.17) is 16.7 Å². The molecular formula is C10H12ClFO. The van der Waals surface area contributed by atoms with Crippen LogP contribution in [0.2, 0.25) is 5.02 Å². The quantitative estimate of drug-likeness (QED) is 0.782. The lowest BCUT2D eigenvalue weighted by molar-refractivity contribution is 0.279. The number of benzene rings is 1. The van der Waals surface area contributed by atoms with Gasteiger partial charge in [-0.15, -0.1) is 0 Å². The Morgan fingerprint density at radius 2 is 2.08 bits per heavy atom. The number of halogens is 2. The van der Waals surface area contributed by atoms with E-state index in [1.807, 2.05) is 13.8 Å². The molecule has 1 rings (SSSR count). The summed E-state index contributed by atoms with van der Waals surface area (Å²) in [5, 5.41) is 9.32. The zero-order valence-corrected chi connectivity index (χ0v) is 8.40. The van der Waals surface area contributed by atoms with Crippen molar-refractivity contribution >= 4 is 11.6 Å². The summed E-state index contributed by atoms with van der Waals surface area (Å²) in [4.78, 5) is 0. The zero-order valence-electron chi connectivity index (χ0n) is 7.64. The minimum Gasteiger partial charge on any atom is -0.392 e. The molecule has 0 fully saturated rings. The van der Waals surface area contributed by atoms with Crippen molar-refractivity contribution < 1.29 is 9.50 Å². The SMILES string of the molecule is CC(C)c1c(F)cc(Cl)cc1CO. The minimum atomic E-state index is -0.341. The summed E-state index contributed by atoms with van der Waals surface area (Å²) in [6.07, 6.45) is 0. The second kappa shape index (κ2) is 4.07. The fourth-order valence-electron chi connectivity index (χ4n) is 1.42. The second-order valence-corrected chi connectivity index (χ2v) is 3.71. The Balaban J connectivity index is 3.30. The van der Waals surface area contributed by atoms with Crippen molar-refractivity contribution in [3.8, 4) is 0 Å². The Hall–Kier alpha value is -0.600. The molecule has 0 atom stereocenters. The number of aliphatic hydroxyl groups is 1. The van der Waals surface area contributed by atoms with Gasteiger partial charge in [0.15, 0.2) is 0 Å². The molecule has 0 bridgehead atoms. The lowest BCUT2D eigenvalue weighted by Crippen LogP contribution is -2.00. The van der Waals surface area contributed by atoms with Crippen LogP contribution >= 0.6 is 11.6 Å². The molecule has 0 spiro atoms. The highest BCUT2D eigenvalue weighted by Crippen LogP contribution is 2.26. The van der Waals surface area contributed by atoms with Crippen molar-refractivity contribution in [2.45, 2.75) is 26.4 Å². The Morgan fingerprint density at radius 3 is 2.54 bits per heavy atom. The first-order valence-electron chi connectivity index (χ1n) is 4.15. The topological polar surface area (TPSA) is 20.2 Å². The molecule has 0 heterocycles. The molecule has 0 aliphatic rings. The van der Waals surface area contributed by atoms with Crippen LogP contribution in [0.1, 0.15) is 30.9 Å². The van der Waals surface area contributed by atoms with E-state index in [0.717, 1.165) is 0 Å². The van der Waals surface area contributed by atoms with E-state index in [0.29, 0.717) is 16.1 Å². The molecule has 0 radical (unpaired) electrons.